The maximum atomic E-state index is 12.9. The van der Waals surface area contributed by atoms with Gasteiger partial charge in [-0.25, -0.2) is 9.67 Å². The minimum absolute atomic E-state index is 0.0303. The normalized spacial score (nSPS) is 13.1. The molecule has 0 fully saturated rings. The lowest BCUT2D eigenvalue weighted by Crippen LogP contribution is -2.37. The van der Waals surface area contributed by atoms with Crippen LogP contribution >= 0.6 is 0 Å². The van der Waals surface area contributed by atoms with Gasteiger partial charge in [0.05, 0.1) is 6.54 Å². The third-order valence-electron chi connectivity index (χ3n) is 5.17. The van der Waals surface area contributed by atoms with E-state index in [-0.39, 0.29) is 11.8 Å². The van der Waals surface area contributed by atoms with Gasteiger partial charge in [-0.05, 0) is 44.1 Å². The molecule has 8 heteroatoms. The van der Waals surface area contributed by atoms with Crippen LogP contribution in [-0.2, 0) is 18.3 Å². The van der Waals surface area contributed by atoms with Crippen LogP contribution in [0.5, 0.6) is 0 Å². The van der Waals surface area contributed by atoms with Crippen LogP contribution in [0.2, 0.25) is 0 Å². The number of aryl methyl sites for hydroxylation is 1. The first-order valence-electron chi connectivity index (χ1n) is 9.66. The van der Waals surface area contributed by atoms with Crippen molar-refractivity contribution in [2.45, 2.75) is 26.2 Å². The van der Waals surface area contributed by atoms with Crippen LogP contribution in [0.15, 0.2) is 24.5 Å². The summed E-state index contributed by atoms with van der Waals surface area (Å²) >= 11 is 0. The van der Waals surface area contributed by atoms with Crippen molar-refractivity contribution in [1.82, 2.24) is 19.7 Å². The van der Waals surface area contributed by atoms with E-state index in [0.717, 1.165) is 42.7 Å². The van der Waals surface area contributed by atoms with Gasteiger partial charge in [0.1, 0.15) is 6.33 Å². The van der Waals surface area contributed by atoms with Crippen LogP contribution in [-0.4, -0.2) is 65.2 Å². The second-order valence-electron chi connectivity index (χ2n) is 7.27. The fourth-order valence-electron chi connectivity index (χ4n) is 3.39. The van der Waals surface area contributed by atoms with Gasteiger partial charge in [-0.15, -0.1) is 0 Å². The maximum absolute atomic E-state index is 12.9. The van der Waals surface area contributed by atoms with Crippen LogP contribution in [0.4, 0.5) is 11.4 Å². The third-order valence-corrected chi connectivity index (χ3v) is 5.17. The van der Waals surface area contributed by atoms with Gasteiger partial charge in [-0.1, -0.05) is 19.4 Å². The van der Waals surface area contributed by atoms with Crippen molar-refractivity contribution in [3.63, 3.8) is 0 Å². The highest BCUT2D eigenvalue weighted by molar-refractivity contribution is 6.05. The molecule has 8 nitrogen and oxygen atoms in total. The summed E-state index contributed by atoms with van der Waals surface area (Å²) < 4.78 is 1.48. The van der Waals surface area contributed by atoms with Gasteiger partial charge in [-0.2, -0.15) is 5.10 Å². The van der Waals surface area contributed by atoms with Crippen molar-refractivity contribution in [1.29, 1.82) is 0 Å². The Bertz CT molecular complexity index is 862. The molecule has 0 spiro atoms. The SMILES string of the molecule is CCCCN(C)CC(=O)N(C)c1ccc2c(c1)N(C(=O)c1ncnn1C)CC2. The van der Waals surface area contributed by atoms with E-state index in [1.807, 2.05) is 30.1 Å². The standard InChI is InChI=1S/C20H28N6O2/c1-5-6-10-23(2)13-18(27)24(3)16-8-7-15-9-11-26(17(15)12-16)20(28)19-21-14-22-25(19)4/h7-8,12,14H,5-6,9-11,13H2,1-4H3. The first kappa shape index (κ1) is 20.0. The molecule has 0 aliphatic carbocycles. The molecule has 0 bridgehead atoms. The second-order valence-corrected chi connectivity index (χ2v) is 7.27. The predicted molar refractivity (Wildman–Crippen MR) is 109 cm³/mol. The number of fused-ring (bicyclic) bond motifs is 1. The molecule has 0 atom stereocenters. The van der Waals surface area contributed by atoms with Crippen molar-refractivity contribution in [2.75, 3.05) is 43.5 Å². The van der Waals surface area contributed by atoms with Crippen molar-refractivity contribution >= 4 is 23.2 Å². The number of hydrogen-bond acceptors (Lipinski definition) is 5. The van der Waals surface area contributed by atoms with Crippen molar-refractivity contribution < 1.29 is 9.59 Å². The van der Waals surface area contributed by atoms with E-state index in [9.17, 15) is 9.59 Å². The van der Waals surface area contributed by atoms with Crippen LogP contribution < -0.4 is 9.80 Å². The first-order valence-corrected chi connectivity index (χ1v) is 9.66. The van der Waals surface area contributed by atoms with Gasteiger partial charge in [0.2, 0.25) is 11.7 Å². The molecule has 1 aliphatic rings. The zero-order valence-corrected chi connectivity index (χ0v) is 17.1. The molecule has 1 aromatic heterocycles. The number of hydrogen-bond donors (Lipinski definition) is 0. The molecule has 28 heavy (non-hydrogen) atoms. The number of nitrogens with zero attached hydrogens (tertiary/aromatic N) is 6. The van der Waals surface area contributed by atoms with Gasteiger partial charge in [0.25, 0.3) is 5.91 Å². The van der Waals surface area contributed by atoms with Gasteiger partial charge in [0, 0.05) is 32.0 Å². The number of unbranched alkanes of at least 4 members (excludes halogenated alkanes) is 1. The Hall–Kier alpha value is -2.74. The lowest BCUT2D eigenvalue weighted by atomic mass is 10.1. The molecule has 0 saturated carbocycles. The number of carbonyl (C=O) groups is 2. The molecular weight excluding hydrogens is 356 g/mol. The molecule has 0 saturated heterocycles. The number of aromatic nitrogens is 3. The van der Waals surface area contributed by atoms with E-state index < -0.39 is 0 Å². The van der Waals surface area contributed by atoms with E-state index in [4.69, 9.17) is 0 Å². The Balaban J connectivity index is 1.76. The molecule has 150 valence electrons. The van der Waals surface area contributed by atoms with E-state index >= 15 is 0 Å². The highest BCUT2D eigenvalue weighted by Crippen LogP contribution is 2.32. The number of likely N-dealkylation sites (N-methyl/N-ethyl adjacent to an activating group) is 2. The molecule has 2 heterocycles. The Morgan fingerprint density at radius 2 is 2.04 bits per heavy atom. The summed E-state index contributed by atoms with van der Waals surface area (Å²) in [6.07, 6.45) is 4.35. The summed E-state index contributed by atoms with van der Waals surface area (Å²) in [5, 5.41) is 3.98. The van der Waals surface area contributed by atoms with E-state index in [2.05, 4.69) is 17.0 Å². The van der Waals surface area contributed by atoms with Gasteiger partial charge in [-0.3, -0.25) is 14.5 Å². The van der Waals surface area contributed by atoms with Crippen molar-refractivity contribution in [3.8, 4) is 0 Å². The Morgan fingerprint density at radius 1 is 1.25 bits per heavy atom. The molecule has 2 aromatic rings. The number of amides is 2. The fraction of sp³-hybridized carbons (Fsp3) is 0.500. The molecule has 1 aromatic carbocycles. The monoisotopic (exact) mass is 384 g/mol. The summed E-state index contributed by atoms with van der Waals surface area (Å²) in [6.45, 7) is 4.01. The van der Waals surface area contributed by atoms with E-state index in [0.29, 0.717) is 18.9 Å². The van der Waals surface area contributed by atoms with Crippen LogP contribution in [0, 0.1) is 0 Å². The third kappa shape index (κ3) is 4.06. The lowest BCUT2D eigenvalue weighted by molar-refractivity contribution is -0.119. The van der Waals surface area contributed by atoms with Crippen molar-refractivity contribution in [2.24, 2.45) is 7.05 Å². The number of anilines is 2. The largest absolute Gasteiger partial charge is 0.314 e. The van der Waals surface area contributed by atoms with Crippen LogP contribution in [0.25, 0.3) is 0 Å². The Morgan fingerprint density at radius 3 is 2.71 bits per heavy atom. The van der Waals surface area contributed by atoms with Gasteiger partial charge >= 0.3 is 0 Å². The molecule has 0 radical (unpaired) electrons. The molecule has 1 aliphatic heterocycles. The van der Waals surface area contributed by atoms with Gasteiger partial charge < -0.3 is 9.80 Å². The van der Waals surface area contributed by atoms with E-state index in [1.54, 1.807) is 23.9 Å². The summed E-state index contributed by atoms with van der Waals surface area (Å²) in [5.41, 5.74) is 2.72. The molecule has 0 N–H and O–H groups in total. The molecular formula is C20H28N6O2. The van der Waals surface area contributed by atoms with Crippen molar-refractivity contribution in [3.05, 3.63) is 35.9 Å². The smallest absolute Gasteiger partial charge is 0.295 e. The average molecular weight is 384 g/mol. The summed E-state index contributed by atoms with van der Waals surface area (Å²) in [5.74, 6) is 0.159. The number of carbonyl (C=O) groups excluding carboxylic acids is 2. The van der Waals surface area contributed by atoms with Crippen LogP contribution in [0.1, 0.15) is 35.9 Å². The molecule has 2 amide bonds. The predicted octanol–water partition coefficient (Wildman–Crippen LogP) is 1.71. The summed E-state index contributed by atoms with van der Waals surface area (Å²) in [4.78, 5) is 35.0. The Kier molecular flexibility index (Phi) is 6.08. The highest BCUT2D eigenvalue weighted by Gasteiger charge is 2.29. The number of benzene rings is 1. The zero-order chi connectivity index (χ0) is 20.3. The average Bonchev–Trinajstić information content (AvgIpc) is 3.30. The zero-order valence-electron chi connectivity index (χ0n) is 17.1. The Labute approximate surface area is 165 Å². The minimum atomic E-state index is -0.177. The summed E-state index contributed by atoms with van der Waals surface area (Å²) in [7, 11) is 5.45. The highest BCUT2D eigenvalue weighted by atomic mass is 16.2. The van der Waals surface area contributed by atoms with Crippen LogP contribution in [0.3, 0.4) is 0 Å². The van der Waals surface area contributed by atoms with E-state index in [1.165, 1.54) is 11.0 Å². The molecule has 3 rings (SSSR count). The fourth-order valence-corrected chi connectivity index (χ4v) is 3.39. The minimum Gasteiger partial charge on any atom is -0.314 e. The van der Waals surface area contributed by atoms with Gasteiger partial charge in [0.15, 0.2) is 0 Å². The maximum Gasteiger partial charge on any atom is 0.295 e. The lowest BCUT2D eigenvalue weighted by Gasteiger charge is -2.23. The quantitative estimate of drug-likeness (QED) is 0.727. The topological polar surface area (TPSA) is 74.6 Å². The second kappa shape index (κ2) is 8.52. The first-order chi connectivity index (χ1) is 13.4. The molecule has 0 unspecified atom stereocenters. The number of rotatable bonds is 7. The summed E-state index contributed by atoms with van der Waals surface area (Å²) in [6, 6.07) is 5.86.